The van der Waals surface area contributed by atoms with Gasteiger partial charge in [0.2, 0.25) is 5.91 Å². The number of hydrogen-bond acceptors (Lipinski definition) is 1. The third-order valence-corrected chi connectivity index (χ3v) is 1.59. The SMILES string of the molecule is [2H]C([2H])([2H])C1(C([2H])([2H])[2H])CC(C(N)=O)C1. The van der Waals surface area contributed by atoms with Crippen LogP contribution in [0.1, 0.15) is 34.8 Å². The molecule has 2 heteroatoms. The first kappa shape index (κ1) is 2.26. The Morgan fingerprint density at radius 1 is 1.78 bits per heavy atom. The lowest BCUT2D eigenvalue weighted by Crippen LogP contribution is -2.40. The van der Waals surface area contributed by atoms with Gasteiger partial charge in [-0.1, -0.05) is 13.7 Å². The van der Waals surface area contributed by atoms with Crippen molar-refractivity contribution < 1.29 is 13.0 Å². The van der Waals surface area contributed by atoms with E-state index in [2.05, 4.69) is 0 Å². The van der Waals surface area contributed by atoms with Gasteiger partial charge in [-0.05, 0) is 18.3 Å². The number of hydrogen-bond donors (Lipinski definition) is 1. The first-order chi connectivity index (χ1) is 6.51. The van der Waals surface area contributed by atoms with Crippen LogP contribution in [-0.4, -0.2) is 5.91 Å². The smallest absolute Gasteiger partial charge is 0.220 e. The van der Waals surface area contributed by atoms with Crippen molar-refractivity contribution in [3.63, 3.8) is 0 Å². The largest absolute Gasteiger partial charge is 0.369 e. The van der Waals surface area contributed by atoms with E-state index < -0.39 is 30.9 Å². The highest BCUT2D eigenvalue weighted by Crippen LogP contribution is 2.44. The summed E-state index contributed by atoms with van der Waals surface area (Å²) in [5, 5.41) is 0. The Labute approximate surface area is 63.9 Å². The average molecular weight is 133 g/mol. The Hall–Kier alpha value is -0.530. The van der Waals surface area contributed by atoms with Crippen molar-refractivity contribution in [2.24, 2.45) is 17.1 Å². The molecule has 1 aliphatic rings. The zero-order valence-corrected chi connectivity index (χ0v) is 4.98. The van der Waals surface area contributed by atoms with Gasteiger partial charge in [0.1, 0.15) is 0 Å². The van der Waals surface area contributed by atoms with E-state index >= 15 is 0 Å². The second-order valence-electron chi connectivity index (χ2n) is 2.59. The molecule has 1 saturated carbocycles. The number of carbonyl (C=O) groups is 1. The zero-order valence-electron chi connectivity index (χ0n) is 11.0. The van der Waals surface area contributed by atoms with Crippen molar-refractivity contribution in [2.45, 2.75) is 26.5 Å². The van der Waals surface area contributed by atoms with Crippen LogP contribution >= 0.6 is 0 Å². The van der Waals surface area contributed by atoms with E-state index in [1.807, 2.05) is 0 Å². The predicted octanol–water partition coefficient (Wildman–Crippen LogP) is 0.908. The molecule has 1 fully saturated rings. The summed E-state index contributed by atoms with van der Waals surface area (Å²) in [7, 11) is 0. The molecule has 0 aromatic heterocycles. The maximum atomic E-state index is 10.8. The van der Waals surface area contributed by atoms with Gasteiger partial charge in [-0.2, -0.15) is 0 Å². The number of nitrogens with two attached hydrogens (primary N) is 1. The molecule has 0 aliphatic heterocycles. The van der Waals surface area contributed by atoms with Crippen molar-refractivity contribution in [3.05, 3.63) is 0 Å². The van der Waals surface area contributed by atoms with Gasteiger partial charge >= 0.3 is 0 Å². The highest BCUT2D eigenvalue weighted by molar-refractivity contribution is 5.77. The first-order valence-electron chi connectivity index (χ1n) is 5.81. The monoisotopic (exact) mass is 133 g/mol. The number of amides is 1. The molecule has 0 unspecified atom stereocenters. The summed E-state index contributed by atoms with van der Waals surface area (Å²) in [6.07, 6.45) is -0.343. The van der Waals surface area contributed by atoms with Crippen LogP contribution in [-0.2, 0) is 4.79 Å². The number of carbonyl (C=O) groups excluding carboxylic acids is 1. The second-order valence-corrected chi connectivity index (χ2v) is 2.59. The summed E-state index contributed by atoms with van der Waals surface area (Å²) in [5.74, 6) is -1.25. The molecule has 0 heterocycles. The summed E-state index contributed by atoms with van der Waals surface area (Å²) in [6.45, 7) is -5.16. The molecule has 1 rings (SSSR count). The lowest BCUT2D eigenvalue weighted by molar-refractivity contribution is -0.128. The van der Waals surface area contributed by atoms with Crippen molar-refractivity contribution in [3.8, 4) is 0 Å². The van der Waals surface area contributed by atoms with E-state index in [1.165, 1.54) is 0 Å². The summed E-state index contributed by atoms with van der Waals surface area (Å²) >= 11 is 0. The van der Waals surface area contributed by atoms with Crippen molar-refractivity contribution >= 4 is 5.91 Å². The van der Waals surface area contributed by atoms with Gasteiger partial charge in [-0.15, -0.1) is 0 Å². The Bertz CT molecular complexity index is 258. The molecule has 0 saturated heterocycles. The minimum Gasteiger partial charge on any atom is -0.369 e. The van der Waals surface area contributed by atoms with Crippen molar-refractivity contribution in [1.29, 1.82) is 0 Å². The summed E-state index contributed by atoms with van der Waals surface area (Å²) in [5.41, 5.74) is 3.25. The second kappa shape index (κ2) is 1.72. The van der Waals surface area contributed by atoms with Crippen LogP contribution in [0.2, 0.25) is 0 Å². The molecule has 52 valence electrons. The molecule has 0 spiro atoms. The summed E-state index contributed by atoms with van der Waals surface area (Å²) in [4.78, 5) is 10.8. The van der Waals surface area contributed by atoms with E-state index in [4.69, 9.17) is 14.0 Å². The first-order valence-corrected chi connectivity index (χ1v) is 2.81. The molecule has 0 atom stereocenters. The van der Waals surface area contributed by atoms with Crippen LogP contribution in [0.15, 0.2) is 0 Å². The Kier molecular flexibility index (Phi) is 0.432. The van der Waals surface area contributed by atoms with E-state index in [0.717, 1.165) is 0 Å². The molecule has 2 nitrogen and oxygen atoms in total. The maximum Gasteiger partial charge on any atom is 0.220 e. The quantitative estimate of drug-likeness (QED) is 0.567. The van der Waals surface area contributed by atoms with E-state index in [0.29, 0.717) is 0 Å². The van der Waals surface area contributed by atoms with Crippen LogP contribution in [0, 0.1) is 11.3 Å². The third-order valence-electron chi connectivity index (χ3n) is 1.59. The van der Waals surface area contributed by atoms with Crippen LogP contribution < -0.4 is 5.73 Å². The van der Waals surface area contributed by atoms with Crippen LogP contribution in [0.4, 0.5) is 0 Å². The normalized spacial score (nSPS) is 37.8. The predicted molar refractivity (Wildman–Crippen MR) is 35.7 cm³/mol. The fourth-order valence-corrected chi connectivity index (χ4v) is 0.983. The third kappa shape index (κ3) is 1.23. The zero-order chi connectivity index (χ0) is 12.1. The van der Waals surface area contributed by atoms with Crippen LogP contribution in [0.5, 0.6) is 0 Å². The van der Waals surface area contributed by atoms with E-state index in [1.54, 1.807) is 0 Å². The van der Waals surface area contributed by atoms with E-state index in [-0.39, 0.29) is 12.8 Å². The average Bonchev–Trinajstić information content (AvgIpc) is 1.73. The topological polar surface area (TPSA) is 43.1 Å². The fraction of sp³-hybridized carbons (Fsp3) is 0.857. The molecule has 0 bridgehead atoms. The minimum atomic E-state index is -2.58. The molecule has 1 aliphatic carbocycles. The molecule has 0 radical (unpaired) electrons. The maximum absolute atomic E-state index is 10.8. The molecular formula is C7H13NO. The van der Waals surface area contributed by atoms with Gasteiger partial charge < -0.3 is 5.73 Å². The summed E-state index contributed by atoms with van der Waals surface area (Å²) < 4.78 is 43.5. The highest BCUT2D eigenvalue weighted by Gasteiger charge is 2.38. The van der Waals surface area contributed by atoms with Gasteiger partial charge in [0.25, 0.3) is 0 Å². The fourth-order valence-electron chi connectivity index (χ4n) is 0.983. The van der Waals surface area contributed by atoms with Crippen molar-refractivity contribution in [1.82, 2.24) is 0 Å². The lowest BCUT2D eigenvalue weighted by Gasteiger charge is -2.40. The molecule has 1 amide bonds. The number of rotatable bonds is 1. The van der Waals surface area contributed by atoms with Crippen LogP contribution in [0.3, 0.4) is 0 Å². The number of primary amides is 1. The molecular weight excluding hydrogens is 114 g/mol. The lowest BCUT2D eigenvalue weighted by atomic mass is 9.64. The minimum absolute atomic E-state index is 0.171. The van der Waals surface area contributed by atoms with Gasteiger partial charge in [0.15, 0.2) is 0 Å². The van der Waals surface area contributed by atoms with Crippen LogP contribution in [0.25, 0.3) is 0 Å². The summed E-state index contributed by atoms with van der Waals surface area (Å²) in [6, 6.07) is 0. The standard InChI is InChI=1S/C7H13NO/c1-7(2)3-5(4-7)6(8)9/h5H,3-4H2,1-2H3,(H2,8,9)/i1D3,2D3. The molecule has 0 aromatic rings. The van der Waals surface area contributed by atoms with Gasteiger partial charge in [-0.25, -0.2) is 0 Å². The Morgan fingerprint density at radius 2 is 2.33 bits per heavy atom. The van der Waals surface area contributed by atoms with E-state index in [9.17, 15) is 4.79 Å². The molecule has 0 aromatic carbocycles. The Balaban J connectivity index is 2.92. The Morgan fingerprint density at radius 3 is 2.67 bits per heavy atom. The van der Waals surface area contributed by atoms with Gasteiger partial charge in [0, 0.05) is 14.1 Å². The molecule has 2 N–H and O–H groups in total. The van der Waals surface area contributed by atoms with Gasteiger partial charge in [0.05, 0.1) is 0 Å². The van der Waals surface area contributed by atoms with Crippen molar-refractivity contribution in [2.75, 3.05) is 0 Å². The van der Waals surface area contributed by atoms with Gasteiger partial charge in [-0.3, -0.25) is 4.79 Å². The molecule has 9 heavy (non-hydrogen) atoms. The highest BCUT2D eigenvalue weighted by atomic mass is 16.1.